The van der Waals surface area contributed by atoms with Crippen molar-refractivity contribution in [3.8, 4) is 0 Å². The van der Waals surface area contributed by atoms with Gasteiger partial charge in [-0.1, -0.05) is 0 Å². The number of carbonyl (C=O) groups excluding carboxylic acids is 2. The molecule has 0 radical (unpaired) electrons. The first-order valence-electron chi connectivity index (χ1n) is 8.62. The molecule has 2 heterocycles. The highest BCUT2D eigenvalue weighted by molar-refractivity contribution is 6.05. The standard InChI is InChI=1S/C19H25NO4/c1-13-11-14(24-18(13)22)7-4-5-9-20-10-6-8-15-16(20)12-19(2,23-3)17(15)21/h7,11H,4-6,8-10,12H2,1-3H3/b14-7-/t19-/m0/s1. The van der Waals surface area contributed by atoms with Gasteiger partial charge in [0.2, 0.25) is 0 Å². The lowest BCUT2D eigenvalue weighted by Crippen LogP contribution is -2.34. The number of unbranched alkanes of at least 4 members (excludes halogenated alkanes) is 1. The first kappa shape index (κ1) is 17.0. The van der Waals surface area contributed by atoms with Crippen LogP contribution in [0.25, 0.3) is 0 Å². The van der Waals surface area contributed by atoms with Crippen LogP contribution < -0.4 is 0 Å². The Morgan fingerprint density at radius 2 is 2.21 bits per heavy atom. The second-order valence-electron chi connectivity index (χ2n) is 6.92. The number of esters is 1. The molecule has 0 bridgehead atoms. The number of ketones is 1. The minimum absolute atomic E-state index is 0.158. The van der Waals surface area contributed by atoms with Gasteiger partial charge in [-0.2, -0.15) is 0 Å². The predicted molar refractivity (Wildman–Crippen MR) is 90.0 cm³/mol. The number of nitrogens with zero attached hydrogens (tertiary/aromatic N) is 1. The molecule has 130 valence electrons. The summed E-state index contributed by atoms with van der Waals surface area (Å²) in [7, 11) is 1.62. The van der Waals surface area contributed by atoms with E-state index in [1.54, 1.807) is 20.1 Å². The van der Waals surface area contributed by atoms with E-state index in [0.29, 0.717) is 17.8 Å². The van der Waals surface area contributed by atoms with Crippen molar-refractivity contribution in [3.05, 3.63) is 34.8 Å². The van der Waals surface area contributed by atoms with Crippen molar-refractivity contribution in [2.45, 2.75) is 51.6 Å². The zero-order valence-electron chi connectivity index (χ0n) is 14.7. The van der Waals surface area contributed by atoms with E-state index in [1.807, 2.05) is 13.0 Å². The summed E-state index contributed by atoms with van der Waals surface area (Å²) < 4.78 is 10.6. The maximum absolute atomic E-state index is 12.5. The number of hydrogen-bond donors (Lipinski definition) is 0. The molecule has 0 saturated carbocycles. The fourth-order valence-electron chi connectivity index (χ4n) is 3.63. The predicted octanol–water partition coefficient (Wildman–Crippen LogP) is 2.88. The molecule has 24 heavy (non-hydrogen) atoms. The first-order chi connectivity index (χ1) is 11.4. The molecular weight excluding hydrogens is 306 g/mol. The summed E-state index contributed by atoms with van der Waals surface area (Å²) in [6, 6.07) is 0. The third-order valence-corrected chi connectivity index (χ3v) is 5.16. The molecule has 0 amide bonds. The largest absolute Gasteiger partial charge is 0.424 e. The summed E-state index contributed by atoms with van der Waals surface area (Å²) in [5.74, 6) is 0.555. The van der Waals surface area contributed by atoms with E-state index in [4.69, 9.17) is 9.47 Å². The van der Waals surface area contributed by atoms with Gasteiger partial charge in [0.15, 0.2) is 5.78 Å². The van der Waals surface area contributed by atoms with Gasteiger partial charge in [0, 0.05) is 43.5 Å². The molecule has 0 spiro atoms. The molecule has 0 aromatic rings. The Balaban J connectivity index is 1.57. The van der Waals surface area contributed by atoms with Crippen molar-refractivity contribution >= 4 is 11.8 Å². The maximum Gasteiger partial charge on any atom is 0.339 e. The van der Waals surface area contributed by atoms with E-state index in [2.05, 4.69) is 4.90 Å². The molecule has 0 saturated heterocycles. The number of Topliss-reactive ketones (excluding diaryl/α,β-unsaturated/α-hetero) is 1. The number of carbonyl (C=O) groups is 2. The Morgan fingerprint density at radius 1 is 1.42 bits per heavy atom. The third kappa shape index (κ3) is 3.05. The van der Waals surface area contributed by atoms with Gasteiger partial charge in [0.25, 0.3) is 0 Å². The van der Waals surface area contributed by atoms with Gasteiger partial charge in [-0.25, -0.2) is 4.79 Å². The van der Waals surface area contributed by atoms with E-state index in [0.717, 1.165) is 44.3 Å². The Bertz CT molecular complexity index is 658. The van der Waals surface area contributed by atoms with E-state index in [9.17, 15) is 9.59 Å². The molecule has 0 aromatic heterocycles. The monoisotopic (exact) mass is 331 g/mol. The highest BCUT2D eigenvalue weighted by Gasteiger charge is 2.45. The number of methoxy groups -OCH3 is 1. The number of allylic oxidation sites excluding steroid dienone is 2. The molecular formula is C19H25NO4. The van der Waals surface area contributed by atoms with Crippen molar-refractivity contribution in [2.75, 3.05) is 20.2 Å². The van der Waals surface area contributed by atoms with Gasteiger partial charge in [-0.3, -0.25) is 4.79 Å². The summed E-state index contributed by atoms with van der Waals surface area (Å²) in [6.45, 7) is 5.55. The van der Waals surface area contributed by atoms with Gasteiger partial charge < -0.3 is 14.4 Å². The molecule has 2 aliphatic heterocycles. The number of rotatable bonds is 5. The highest BCUT2D eigenvalue weighted by Crippen LogP contribution is 2.40. The van der Waals surface area contributed by atoms with Crippen molar-refractivity contribution in [1.29, 1.82) is 0 Å². The molecule has 3 rings (SSSR count). The molecule has 3 aliphatic rings. The van der Waals surface area contributed by atoms with Crippen LogP contribution in [0.3, 0.4) is 0 Å². The smallest absolute Gasteiger partial charge is 0.339 e. The van der Waals surface area contributed by atoms with Crippen LogP contribution in [-0.4, -0.2) is 42.5 Å². The van der Waals surface area contributed by atoms with Crippen LogP contribution in [0.2, 0.25) is 0 Å². The lowest BCUT2D eigenvalue weighted by Gasteiger charge is -2.31. The fraction of sp³-hybridized carbons (Fsp3) is 0.579. The Hall–Kier alpha value is -1.88. The third-order valence-electron chi connectivity index (χ3n) is 5.16. The van der Waals surface area contributed by atoms with Crippen LogP contribution in [0, 0.1) is 0 Å². The van der Waals surface area contributed by atoms with E-state index in [1.165, 1.54) is 5.70 Å². The Morgan fingerprint density at radius 3 is 2.88 bits per heavy atom. The molecule has 5 heteroatoms. The van der Waals surface area contributed by atoms with Crippen molar-refractivity contribution in [1.82, 2.24) is 4.90 Å². The molecule has 1 aliphatic carbocycles. The molecule has 0 unspecified atom stereocenters. The molecule has 0 fully saturated rings. The second kappa shape index (κ2) is 6.55. The quantitative estimate of drug-likeness (QED) is 0.573. The van der Waals surface area contributed by atoms with E-state index in [-0.39, 0.29) is 11.8 Å². The van der Waals surface area contributed by atoms with Crippen LogP contribution >= 0.6 is 0 Å². The van der Waals surface area contributed by atoms with E-state index < -0.39 is 5.60 Å². The van der Waals surface area contributed by atoms with Crippen molar-refractivity contribution in [2.24, 2.45) is 0 Å². The average Bonchev–Trinajstić information content (AvgIpc) is 3.03. The van der Waals surface area contributed by atoms with Crippen LogP contribution in [0.15, 0.2) is 34.8 Å². The number of cyclic esters (lactones) is 1. The zero-order valence-corrected chi connectivity index (χ0v) is 14.7. The maximum atomic E-state index is 12.5. The van der Waals surface area contributed by atoms with Crippen molar-refractivity contribution in [3.63, 3.8) is 0 Å². The fourth-order valence-corrected chi connectivity index (χ4v) is 3.63. The van der Waals surface area contributed by atoms with Gasteiger partial charge in [0.1, 0.15) is 11.4 Å². The summed E-state index contributed by atoms with van der Waals surface area (Å²) in [4.78, 5) is 26.2. The van der Waals surface area contributed by atoms with E-state index >= 15 is 0 Å². The Labute approximate surface area is 143 Å². The summed E-state index contributed by atoms with van der Waals surface area (Å²) in [6.07, 6.45) is 8.12. The Kier molecular flexibility index (Phi) is 4.63. The molecule has 5 nitrogen and oxygen atoms in total. The van der Waals surface area contributed by atoms with Gasteiger partial charge >= 0.3 is 5.97 Å². The minimum Gasteiger partial charge on any atom is -0.424 e. The normalized spacial score (nSPS) is 28.5. The lowest BCUT2D eigenvalue weighted by molar-refractivity contribution is -0.133. The highest BCUT2D eigenvalue weighted by atomic mass is 16.5. The van der Waals surface area contributed by atoms with Crippen LogP contribution in [0.4, 0.5) is 0 Å². The summed E-state index contributed by atoms with van der Waals surface area (Å²) in [5, 5.41) is 0. The first-order valence-corrected chi connectivity index (χ1v) is 8.62. The molecule has 0 aromatic carbocycles. The SMILES string of the molecule is CO[C@@]1(C)CC2=C(CCCN2CCC/C=C2/C=C(C)C(=O)O2)C1=O. The zero-order chi connectivity index (χ0) is 17.3. The van der Waals surface area contributed by atoms with Crippen molar-refractivity contribution < 1.29 is 19.1 Å². The van der Waals surface area contributed by atoms with Crippen LogP contribution in [0.1, 0.15) is 46.0 Å². The van der Waals surface area contributed by atoms with Gasteiger partial charge in [-0.05, 0) is 51.7 Å². The minimum atomic E-state index is -0.685. The van der Waals surface area contributed by atoms with Gasteiger partial charge in [0.05, 0.1) is 0 Å². The lowest BCUT2D eigenvalue weighted by atomic mass is 9.98. The topological polar surface area (TPSA) is 55.8 Å². The number of hydrogen-bond acceptors (Lipinski definition) is 5. The van der Waals surface area contributed by atoms with Gasteiger partial charge in [-0.15, -0.1) is 0 Å². The average molecular weight is 331 g/mol. The molecule has 0 N–H and O–H groups in total. The second-order valence-corrected chi connectivity index (χ2v) is 6.92. The summed E-state index contributed by atoms with van der Waals surface area (Å²) in [5.41, 5.74) is 2.10. The number of ether oxygens (including phenoxy) is 2. The summed E-state index contributed by atoms with van der Waals surface area (Å²) >= 11 is 0. The van der Waals surface area contributed by atoms with Crippen LogP contribution in [-0.2, 0) is 19.1 Å². The molecule has 1 atom stereocenters. The van der Waals surface area contributed by atoms with Crippen LogP contribution in [0.5, 0.6) is 0 Å².